The van der Waals surface area contributed by atoms with Gasteiger partial charge in [-0.3, -0.25) is 5.32 Å². The van der Waals surface area contributed by atoms with Crippen molar-refractivity contribution in [1.29, 1.82) is 0 Å². The fourth-order valence-electron chi connectivity index (χ4n) is 2.63. The molecule has 2 N–H and O–H groups in total. The minimum Gasteiger partial charge on any atom is -0.297 e. The second kappa shape index (κ2) is 9.09. The highest BCUT2D eigenvalue weighted by Crippen LogP contribution is 2.38. The van der Waals surface area contributed by atoms with Crippen molar-refractivity contribution in [2.24, 2.45) is 0 Å². The van der Waals surface area contributed by atoms with Gasteiger partial charge in [-0.25, -0.2) is 27.9 Å². The minimum atomic E-state index is -4.05. The maximum Gasteiger partial charge on any atom is 0.333 e. The Kier molecular flexibility index (Phi) is 6.44. The molecule has 0 saturated heterocycles. The summed E-state index contributed by atoms with van der Waals surface area (Å²) < 4.78 is 28.7. The van der Waals surface area contributed by atoms with Crippen molar-refractivity contribution in [3.05, 3.63) is 57.9 Å². The second-order valence-corrected chi connectivity index (χ2v) is 12.4. The van der Waals surface area contributed by atoms with Gasteiger partial charge in [0, 0.05) is 21.5 Å². The summed E-state index contributed by atoms with van der Waals surface area (Å²) in [6, 6.07) is 10.3. The fraction of sp³-hybridized carbons (Fsp3) is 0.105. The molecule has 160 valence electrons. The number of hydrogen-bond acceptors (Lipinski definition) is 9. The van der Waals surface area contributed by atoms with Gasteiger partial charge in [0.1, 0.15) is 10.7 Å². The van der Waals surface area contributed by atoms with E-state index in [0.29, 0.717) is 15.6 Å². The van der Waals surface area contributed by atoms with E-state index in [1.165, 1.54) is 34.4 Å². The lowest BCUT2D eigenvalue weighted by molar-refractivity contribution is 0.256. The Balaban J connectivity index is 1.52. The number of nitrogens with zero attached hydrogens (tertiary/aromatic N) is 2. The van der Waals surface area contributed by atoms with Crippen molar-refractivity contribution in [1.82, 2.24) is 14.7 Å². The number of sulfonamides is 1. The average molecular weight is 509 g/mol. The molecule has 0 radical (unpaired) electrons. The van der Waals surface area contributed by atoms with Gasteiger partial charge in [-0.2, -0.15) is 0 Å². The van der Waals surface area contributed by atoms with Gasteiger partial charge in [-0.1, -0.05) is 42.1 Å². The zero-order valence-corrected chi connectivity index (χ0v) is 20.4. The molecule has 7 nitrogen and oxygen atoms in total. The molecule has 4 rings (SSSR count). The van der Waals surface area contributed by atoms with Crippen LogP contribution in [0.2, 0.25) is 0 Å². The largest absolute Gasteiger partial charge is 0.333 e. The minimum absolute atomic E-state index is 0.0734. The van der Waals surface area contributed by atoms with Gasteiger partial charge in [-0.15, -0.1) is 34.0 Å². The van der Waals surface area contributed by atoms with Gasteiger partial charge in [-0.05, 0) is 25.3 Å². The first-order valence-corrected chi connectivity index (χ1v) is 13.7. The normalized spacial score (nSPS) is 11.4. The zero-order chi connectivity index (χ0) is 22.0. The SMILES string of the molecule is Cc1csc(Sc2ccsc2S(=O)(=O)NC(=O)Nc2sc(C)nc2-c2ccccc2)n1. The van der Waals surface area contributed by atoms with Gasteiger partial charge in [0.05, 0.1) is 5.01 Å². The number of nitrogens with one attached hydrogen (secondary N) is 2. The predicted octanol–water partition coefficient (Wildman–Crippen LogP) is 5.61. The summed E-state index contributed by atoms with van der Waals surface area (Å²) >= 11 is 5.04. The van der Waals surface area contributed by atoms with Crippen molar-refractivity contribution in [2.45, 2.75) is 27.3 Å². The Morgan fingerprint density at radius 3 is 2.55 bits per heavy atom. The Morgan fingerprint density at radius 1 is 1.06 bits per heavy atom. The maximum absolute atomic E-state index is 12.9. The van der Waals surface area contributed by atoms with Crippen molar-refractivity contribution >= 4 is 66.8 Å². The summed E-state index contributed by atoms with van der Waals surface area (Å²) in [5, 5.41) is 7.45. The van der Waals surface area contributed by atoms with E-state index in [4.69, 9.17) is 0 Å². The first-order valence-electron chi connectivity index (χ1n) is 8.86. The third-order valence-electron chi connectivity index (χ3n) is 3.87. The van der Waals surface area contributed by atoms with Crippen LogP contribution in [0.25, 0.3) is 11.3 Å². The molecule has 0 aliphatic rings. The van der Waals surface area contributed by atoms with Crippen LogP contribution >= 0.6 is 45.8 Å². The van der Waals surface area contributed by atoms with Gasteiger partial charge in [0.2, 0.25) is 0 Å². The number of carbonyl (C=O) groups is 1. The molecule has 3 heterocycles. The van der Waals surface area contributed by atoms with E-state index in [0.717, 1.165) is 31.9 Å². The quantitative estimate of drug-likeness (QED) is 0.351. The van der Waals surface area contributed by atoms with Crippen molar-refractivity contribution in [3.8, 4) is 11.3 Å². The van der Waals surface area contributed by atoms with E-state index >= 15 is 0 Å². The molecule has 0 aliphatic carbocycles. The second-order valence-electron chi connectivity index (χ2n) is 6.27. The molecule has 4 aromatic rings. The number of urea groups is 1. The van der Waals surface area contributed by atoms with E-state index in [1.807, 2.05) is 49.6 Å². The molecule has 31 heavy (non-hydrogen) atoms. The lowest BCUT2D eigenvalue weighted by atomic mass is 10.2. The van der Waals surface area contributed by atoms with Crippen LogP contribution in [0.1, 0.15) is 10.7 Å². The highest BCUT2D eigenvalue weighted by Gasteiger charge is 2.25. The van der Waals surface area contributed by atoms with E-state index in [1.54, 1.807) is 11.4 Å². The number of anilines is 1. The van der Waals surface area contributed by atoms with Gasteiger partial charge in [0.15, 0.2) is 8.55 Å². The smallest absolute Gasteiger partial charge is 0.297 e. The summed E-state index contributed by atoms with van der Waals surface area (Å²) in [4.78, 5) is 21.9. The molecule has 0 aliphatic heterocycles. The van der Waals surface area contributed by atoms with Crippen LogP contribution in [0.3, 0.4) is 0 Å². The highest BCUT2D eigenvalue weighted by molar-refractivity contribution is 8.02. The number of aryl methyl sites for hydroxylation is 2. The first kappa shape index (κ1) is 22.0. The summed E-state index contributed by atoms with van der Waals surface area (Å²) in [6.45, 7) is 3.70. The van der Waals surface area contributed by atoms with Crippen LogP contribution in [0.15, 0.2) is 60.6 Å². The Morgan fingerprint density at radius 2 is 1.84 bits per heavy atom. The van der Waals surface area contributed by atoms with E-state index < -0.39 is 16.1 Å². The molecular formula is C19H16N4O3S5. The number of aromatic nitrogens is 2. The Bertz CT molecular complexity index is 1330. The third-order valence-corrected chi connectivity index (χ3v) is 9.95. The van der Waals surface area contributed by atoms with Gasteiger partial charge < -0.3 is 0 Å². The topological polar surface area (TPSA) is 101 Å². The van der Waals surface area contributed by atoms with E-state index in [2.05, 4.69) is 20.0 Å². The van der Waals surface area contributed by atoms with Crippen LogP contribution < -0.4 is 10.0 Å². The maximum atomic E-state index is 12.9. The number of thiazole rings is 2. The van der Waals surface area contributed by atoms with Gasteiger partial charge in [0.25, 0.3) is 10.0 Å². The Labute approximate surface area is 195 Å². The number of rotatable bonds is 6. The average Bonchev–Trinajstić information content (AvgIpc) is 3.43. The predicted molar refractivity (Wildman–Crippen MR) is 127 cm³/mol. The lowest BCUT2D eigenvalue weighted by Gasteiger charge is -2.09. The molecule has 0 fully saturated rings. The molecule has 0 atom stereocenters. The van der Waals surface area contributed by atoms with Crippen molar-refractivity contribution in [3.63, 3.8) is 0 Å². The number of amides is 2. The van der Waals surface area contributed by atoms with Crippen LogP contribution in [0.5, 0.6) is 0 Å². The third kappa shape index (κ3) is 5.15. The molecule has 0 bridgehead atoms. The summed E-state index contributed by atoms with van der Waals surface area (Å²) in [6.07, 6.45) is 0. The monoisotopic (exact) mass is 508 g/mol. The summed E-state index contributed by atoms with van der Waals surface area (Å²) in [7, 11) is -4.05. The molecule has 0 saturated carbocycles. The number of hydrogen-bond donors (Lipinski definition) is 2. The number of thiophene rings is 1. The molecule has 3 aromatic heterocycles. The Hall–Kier alpha value is -2.25. The van der Waals surface area contributed by atoms with Crippen LogP contribution in [0, 0.1) is 13.8 Å². The standard InChI is InChI=1S/C19H16N4O3S5/c1-11-10-28-19(20-11)30-14-8-9-27-17(14)31(25,26)23-18(24)22-16-15(21-12(2)29-16)13-6-4-3-5-7-13/h3-10H,1-2H3,(H2,22,23,24). The molecule has 1 aromatic carbocycles. The van der Waals surface area contributed by atoms with Crippen LogP contribution in [-0.2, 0) is 10.0 Å². The fourth-order valence-corrected chi connectivity index (χ4v) is 8.03. The molecular weight excluding hydrogens is 493 g/mol. The molecule has 0 spiro atoms. The number of carbonyl (C=O) groups excluding carboxylic acids is 1. The van der Waals surface area contributed by atoms with E-state index in [9.17, 15) is 13.2 Å². The van der Waals surface area contributed by atoms with Crippen LogP contribution in [-0.4, -0.2) is 24.4 Å². The van der Waals surface area contributed by atoms with Crippen LogP contribution in [0.4, 0.5) is 9.80 Å². The summed E-state index contributed by atoms with van der Waals surface area (Å²) in [5.41, 5.74) is 2.31. The summed E-state index contributed by atoms with van der Waals surface area (Å²) in [5.74, 6) is 0. The number of benzene rings is 1. The first-order chi connectivity index (χ1) is 14.8. The van der Waals surface area contributed by atoms with Crippen molar-refractivity contribution in [2.75, 3.05) is 5.32 Å². The molecule has 12 heteroatoms. The zero-order valence-electron chi connectivity index (χ0n) is 16.3. The van der Waals surface area contributed by atoms with Crippen molar-refractivity contribution < 1.29 is 13.2 Å². The van der Waals surface area contributed by atoms with E-state index in [-0.39, 0.29) is 4.21 Å². The highest BCUT2D eigenvalue weighted by atomic mass is 32.2. The lowest BCUT2D eigenvalue weighted by Crippen LogP contribution is -2.34. The molecule has 0 unspecified atom stereocenters. The molecule has 2 amide bonds. The van der Waals surface area contributed by atoms with Gasteiger partial charge >= 0.3 is 6.03 Å².